The van der Waals surface area contributed by atoms with E-state index in [1.165, 1.54) is 37.9 Å². The number of benzene rings is 1. The fourth-order valence-corrected chi connectivity index (χ4v) is 2.55. The molecular formula is C16H22N2. The molecule has 96 valence electrons. The Bertz CT molecular complexity index is 419. The van der Waals surface area contributed by atoms with Crippen LogP contribution in [0.15, 0.2) is 24.3 Å². The average molecular weight is 242 g/mol. The first-order valence-electron chi connectivity index (χ1n) is 6.86. The van der Waals surface area contributed by atoms with Crippen LogP contribution in [0, 0.1) is 16.7 Å². The van der Waals surface area contributed by atoms with Crippen molar-refractivity contribution < 1.29 is 0 Å². The van der Waals surface area contributed by atoms with Crippen molar-refractivity contribution in [2.24, 2.45) is 5.41 Å². The molecule has 1 aliphatic rings. The Labute approximate surface area is 110 Å². The number of piperidine rings is 1. The van der Waals surface area contributed by atoms with Crippen molar-refractivity contribution >= 4 is 0 Å². The molecule has 0 aliphatic carbocycles. The SMILES string of the molecule is CCC1(C)CCN(Cc2ccc(C#N)cc2)CC1. The lowest BCUT2D eigenvalue weighted by molar-refractivity contribution is 0.109. The smallest absolute Gasteiger partial charge is 0.0991 e. The van der Waals surface area contributed by atoms with E-state index in [0.29, 0.717) is 5.41 Å². The van der Waals surface area contributed by atoms with E-state index < -0.39 is 0 Å². The Morgan fingerprint density at radius 3 is 2.33 bits per heavy atom. The van der Waals surface area contributed by atoms with Gasteiger partial charge in [-0.3, -0.25) is 4.90 Å². The summed E-state index contributed by atoms with van der Waals surface area (Å²) in [6, 6.07) is 10.1. The maximum atomic E-state index is 8.77. The molecule has 1 aromatic rings. The predicted octanol–water partition coefficient (Wildman–Crippen LogP) is 3.57. The molecule has 1 saturated heterocycles. The monoisotopic (exact) mass is 242 g/mol. The molecule has 0 amide bonds. The van der Waals surface area contributed by atoms with Gasteiger partial charge in [0.1, 0.15) is 0 Å². The molecule has 1 heterocycles. The minimum atomic E-state index is 0.557. The highest BCUT2D eigenvalue weighted by Crippen LogP contribution is 2.34. The van der Waals surface area contributed by atoms with Gasteiger partial charge in [0.15, 0.2) is 0 Å². The second kappa shape index (κ2) is 5.54. The Morgan fingerprint density at radius 2 is 1.83 bits per heavy atom. The van der Waals surface area contributed by atoms with Crippen molar-refractivity contribution in [3.63, 3.8) is 0 Å². The fraction of sp³-hybridized carbons (Fsp3) is 0.562. The summed E-state index contributed by atoms with van der Waals surface area (Å²) in [4.78, 5) is 2.53. The van der Waals surface area contributed by atoms with Gasteiger partial charge in [0, 0.05) is 6.54 Å². The molecule has 0 N–H and O–H groups in total. The van der Waals surface area contributed by atoms with E-state index >= 15 is 0 Å². The van der Waals surface area contributed by atoms with Crippen LogP contribution in [-0.4, -0.2) is 18.0 Å². The van der Waals surface area contributed by atoms with Crippen LogP contribution >= 0.6 is 0 Å². The fourth-order valence-electron chi connectivity index (χ4n) is 2.55. The lowest BCUT2D eigenvalue weighted by atomic mass is 9.78. The van der Waals surface area contributed by atoms with Gasteiger partial charge < -0.3 is 0 Å². The molecular weight excluding hydrogens is 220 g/mol. The molecule has 0 aromatic heterocycles. The van der Waals surface area contributed by atoms with E-state index in [4.69, 9.17) is 5.26 Å². The molecule has 0 atom stereocenters. The summed E-state index contributed by atoms with van der Waals surface area (Å²) < 4.78 is 0. The van der Waals surface area contributed by atoms with Crippen LogP contribution in [0.4, 0.5) is 0 Å². The lowest BCUT2D eigenvalue weighted by Gasteiger charge is -2.39. The van der Waals surface area contributed by atoms with Gasteiger partial charge in [0.25, 0.3) is 0 Å². The highest BCUT2D eigenvalue weighted by atomic mass is 15.1. The zero-order valence-electron chi connectivity index (χ0n) is 11.4. The van der Waals surface area contributed by atoms with Gasteiger partial charge in [-0.2, -0.15) is 5.26 Å². The van der Waals surface area contributed by atoms with Crippen molar-refractivity contribution in [1.82, 2.24) is 4.90 Å². The van der Waals surface area contributed by atoms with Crippen molar-refractivity contribution in [1.29, 1.82) is 5.26 Å². The van der Waals surface area contributed by atoms with E-state index in [-0.39, 0.29) is 0 Å². The summed E-state index contributed by atoms with van der Waals surface area (Å²) in [6.45, 7) is 8.13. The number of hydrogen-bond acceptors (Lipinski definition) is 2. The van der Waals surface area contributed by atoms with Crippen molar-refractivity contribution in [2.45, 2.75) is 39.7 Å². The first kappa shape index (κ1) is 13.1. The maximum absolute atomic E-state index is 8.77. The molecule has 0 unspecified atom stereocenters. The molecule has 0 radical (unpaired) electrons. The standard InChI is InChI=1S/C16H22N2/c1-3-16(2)8-10-18(11-9-16)13-15-6-4-14(12-17)5-7-15/h4-7H,3,8-11,13H2,1-2H3. The summed E-state index contributed by atoms with van der Waals surface area (Å²) in [7, 11) is 0. The van der Waals surface area contributed by atoms with Crippen LogP contribution in [0.1, 0.15) is 44.2 Å². The highest BCUT2D eigenvalue weighted by molar-refractivity contribution is 5.31. The van der Waals surface area contributed by atoms with Gasteiger partial charge in [0.05, 0.1) is 11.6 Å². The van der Waals surface area contributed by atoms with Crippen molar-refractivity contribution in [2.75, 3.05) is 13.1 Å². The molecule has 2 heteroatoms. The Balaban J connectivity index is 1.89. The van der Waals surface area contributed by atoms with Crippen LogP contribution in [0.25, 0.3) is 0 Å². The van der Waals surface area contributed by atoms with Crippen LogP contribution in [0.2, 0.25) is 0 Å². The third-order valence-electron chi connectivity index (χ3n) is 4.41. The number of hydrogen-bond donors (Lipinski definition) is 0. The molecule has 1 aliphatic heterocycles. The topological polar surface area (TPSA) is 27.0 Å². The molecule has 2 nitrogen and oxygen atoms in total. The predicted molar refractivity (Wildman–Crippen MR) is 74.1 cm³/mol. The van der Waals surface area contributed by atoms with Crippen LogP contribution in [-0.2, 0) is 6.54 Å². The minimum absolute atomic E-state index is 0.557. The highest BCUT2D eigenvalue weighted by Gasteiger charge is 2.27. The largest absolute Gasteiger partial charge is 0.299 e. The van der Waals surface area contributed by atoms with Gasteiger partial charge in [-0.1, -0.05) is 32.4 Å². The Kier molecular flexibility index (Phi) is 4.04. The first-order chi connectivity index (χ1) is 8.65. The van der Waals surface area contributed by atoms with Gasteiger partial charge in [0.2, 0.25) is 0 Å². The van der Waals surface area contributed by atoms with Crippen molar-refractivity contribution in [3.8, 4) is 6.07 Å². The zero-order valence-corrected chi connectivity index (χ0v) is 11.4. The summed E-state index contributed by atoms with van der Waals surface area (Å²) in [6.07, 6.45) is 3.90. The van der Waals surface area contributed by atoms with Gasteiger partial charge in [-0.25, -0.2) is 0 Å². The molecule has 0 bridgehead atoms. The first-order valence-corrected chi connectivity index (χ1v) is 6.86. The van der Waals surface area contributed by atoms with Gasteiger partial charge in [-0.15, -0.1) is 0 Å². The third kappa shape index (κ3) is 3.11. The van der Waals surface area contributed by atoms with Gasteiger partial charge in [-0.05, 0) is 49.0 Å². The second-order valence-corrected chi connectivity index (χ2v) is 5.75. The number of rotatable bonds is 3. The second-order valence-electron chi connectivity index (χ2n) is 5.75. The van der Waals surface area contributed by atoms with Crippen molar-refractivity contribution in [3.05, 3.63) is 35.4 Å². The quantitative estimate of drug-likeness (QED) is 0.810. The summed E-state index contributed by atoms with van der Waals surface area (Å²) in [5.74, 6) is 0. The number of nitriles is 1. The normalized spacial score (nSPS) is 19.4. The third-order valence-corrected chi connectivity index (χ3v) is 4.41. The molecule has 1 aromatic carbocycles. The van der Waals surface area contributed by atoms with E-state index in [1.54, 1.807) is 0 Å². The number of nitrogens with zero attached hydrogens (tertiary/aromatic N) is 2. The maximum Gasteiger partial charge on any atom is 0.0991 e. The average Bonchev–Trinajstić information content (AvgIpc) is 2.42. The van der Waals surface area contributed by atoms with Crippen LogP contribution in [0.3, 0.4) is 0 Å². The van der Waals surface area contributed by atoms with E-state index in [2.05, 4.69) is 36.9 Å². The minimum Gasteiger partial charge on any atom is -0.299 e. The summed E-state index contributed by atoms with van der Waals surface area (Å²) >= 11 is 0. The molecule has 18 heavy (non-hydrogen) atoms. The number of likely N-dealkylation sites (tertiary alicyclic amines) is 1. The van der Waals surface area contributed by atoms with Crippen LogP contribution < -0.4 is 0 Å². The van der Waals surface area contributed by atoms with E-state index in [0.717, 1.165) is 12.1 Å². The Morgan fingerprint density at radius 1 is 1.22 bits per heavy atom. The van der Waals surface area contributed by atoms with E-state index in [1.807, 2.05) is 12.1 Å². The summed E-state index contributed by atoms with van der Waals surface area (Å²) in [5, 5.41) is 8.77. The Hall–Kier alpha value is -1.33. The molecule has 0 spiro atoms. The lowest BCUT2D eigenvalue weighted by Crippen LogP contribution is -2.37. The zero-order chi connectivity index (χ0) is 13.0. The molecule has 1 fully saturated rings. The van der Waals surface area contributed by atoms with Crippen LogP contribution in [0.5, 0.6) is 0 Å². The van der Waals surface area contributed by atoms with Gasteiger partial charge >= 0.3 is 0 Å². The molecule has 0 saturated carbocycles. The summed E-state index contributed by atoms with van der Waals surface area (Å²) in [5.41, 5.74) is 2.62. The molecule has 2 rings (SSSR count). The van der Waals surface area contributed by atoms with E-state index in [9.17, 15) is 0 Å².